The van der Waals surface area contributed by atoms with Crippen LogP contribution >= 0.6 is 0 Å². The molecule has 0 fully saturated rings. The van der Waals surface area contributed by atoms with Crippen molar-refractivity contribution in [3.05, 3.63) is 64.8 Å². The average Bonchev–Trinajstić information content (AvgIpc) is 2.99. The number of halogens is 3. The molecule has 0 radical (unpaired) electrons. The van der Waals surface area contributed by atoms with Gasteiger partial charge in [-0.05, 0) is 36.8 Å². The Morgan fingerprint density at radius 3 is 2.46 bits per heavy atom. The van der Waals surface area contributed by atoms with Crippen molar-refractivity contribution in [1.82, 2.24) is 9.78 Å². The highest BCUT2D eigenvalue weighted by Gasteiger charge is 2.30. The Kier molecular flexibility index (Phi) is 4.43. The summed E-state index contributed by atoms with van der Waals surface area (Å²) >= 11 is 0. The van der Waals surface area contributed by atoms with Gasteiger partial charge in [0.2, 0.25) is 0 Å². The number of rotatable bonds is 3. The summed E-state index contributed by atoms with van der Waals surface area (Å²) in [4.78, 5) is 11.8. The number of nitrogens with zero attached hydrogens (tertiary/aromatic N) is 2. The molecule has 1 heterocycles. The molecule has 0 aliphatic carbocycles. The molecule has 0 atom stereocenters. The summed E-state index contributed by atoms with van der Waals surface area (Å²) in [5.41, 5.74) is 6.85. The van der Waals surface area contributed by atoms with Gasteiger partial charge in [0, 0.05) is 10.9 Å². The zero-order chi connectivity index (χ0) is 18.9. The highest BCUT2D eigenvalue weighted by atomic mass is 19.4. The molecule has 132 valence electrons. The number of aromatic nitrogens is 2. The quantitative estimate of drug-likeness (QED) is 0.729. The minimum absolute atomic E-state index is 0.199. The van der Waals surface area contributed by atoms with Crippen LogP contribution < -0.4 is 5.73 Å². The summed E-state index contributed by atoms with van der Waals surface area (Å²) in [6, 6.07) is 8.08. The molecular formula is C19H14F3N3O. The highest BCUT2D eigenvalue weighted by Crippen LogP contribution is 2.29. The average molecular weight is 357 g/mol. The van der Waals surface area contributed by atoms with Crippen LogP contribution in [0.15, 0.2) is 42.6 Å². The SMILES string of the molecule is CC#Cc1ccc(C(N)=O)c2c1cnn2Cc1ccc(C(F)(F)F)cc1. The van der Waals surface area contributed by atoms with Crippen molar-refractivity contribution in [2.24, 2.45) is 5.73 Å². The van der Waals surface area contributed by atoms with E-state index in [9.17, 15) is 18.0 Å². The molecule has 2 aromatic carbocycles. The van der Waals surface area contributed by atoms with Crippen LogP contribution in [0.3, 0.4) is 0 Å². The van der Waals surface area contributed by atoms with Gasteiger partial charge in [-0.2, -0.15) is 18.3 Å². The molecule has 3 rings (SSSR count). The summed E-state index contributed by atoms with van der Waals surface area (Å²) in [6.07, 6.45) is -2.81. The van der Waals surface area contributed by atoms with E-state index >= 15 is 0 Å². The minimum Gasteiger partial charge on any atom is -0.366 e. The Hall–Kier alpha value is -3.27. The monoisotopic (exact) mass is 357 g/mol. The lowest BCUT2D eigenvalue weighted by Crippen LogP contribution is -2.14. The number of benzene rings is 2. The summed E-state index contributed by atoms with van der Waals surface area (Å²) < 4.78 is 39.6. The van der Waals surface area contributed by atoms with E-state index in [-0.39, 0.29) is 12.1 Å². The predicted molar refractivity (Wildman–Crippen MR) is 91.3 cm³/mol. The van der Waals surface area contributed by atoms with Crippen LogP contribution in [0.25, 0.3) is 10.9 Å². The summed E-state index contributed by atoms with van der Waals surface area (Å²) in [5.74, 6) is 5.12. The summed E-state index contributed by atoms with van der Waals surface area (Å²) in [7, 11) is 0. The maximum absolute atomic E-state index is 12.7. The molecule has 0 saturated heterocycles. The minimum atomic E-state index is -4.39. The van der Waals surface area contributed by atoms with Gasteiger partial charge in [0.15, 0.2) is 0 Å². The van der Waals surface area contributed by atoms with Crippen LogP contribution in [0, 0.1) is 11.8 Å². The Morgan fingerprint density at radius 2 is 1.88 bits per heavy atom. The second-order valence-electron chi connectivity index (χ2n) is 5.66. The predicted octanol–water partition coefficient (Wildman–Crippen LogP) is 3.57. The lowest BCUT2D eigenvalue weighted by atomic mass is 10.1. The van der Waals surface area contributed by atoms with Gasteiger partial charge in [-0.1, -0.05) is 18.1 Å². The Labute approximate surface area is 147 Å². The van der Waals surface area contributed by atoms with Gasteiger partial charge >= 0.3 is 6.18 Å². The molecule has 0 aliphatic heterocycles. The molecule has 3 aromatic rings. The van der Waals surface area contributed by atoms with E-state index in [0.717, 1.165) is 12.1 Å². The number of amides is 1. The van der Waals surface area contributed by atoms with E-state index in [1.54, 1.807) is 29.9 Å². The molecule has 0 bridgehead atoms. The zero-order valence-corrected chi connectivity index (χ0v) is 13.8. The van der Waals surface area contributed by atoms with Crippen LogP contribution in [-0.4, -0.2) is 15.7 Å². The van der Waals surface area contributed by atoms with Gasteiger partial charge in [0.05, 0.1) is 29.4 Å². The van der Waals surface area contributed by atoms with Crippen LogP contribution in [-0.2, 0) is 12.7 Å². The first-order valence-electron chi connectivity index (χ1n) is 7.68. The van der Waals surface area contributed by atoms with Gasteiger partial charge in [-0.25, -0.2) is 0 Å². The van der Waals surface area contributed by atoms with E-state index in [4.69, 9.17) is 5.73 Å². The molecule has 2 N–H and O–H groups in total. The van der Waals surface area contributed by atoms with Gasteiger partial charge < -0.3 is 5.73 Å². The number of carbonyl (C=O) groups is 1. The first kappa shape index (κ1) is 17.5. The third-order valence-corrected chi connectivity index (χ3v) is 3.94. The molecule has 0 unspecified atom stereocenters. The third kappa shape index (κ3) is 3.26. The lowest BCUT2D eigenvalue weighted by Gasteiger charge is -2.10. The van der Waals surface area contributed by atoms with Crippen molar-refractivity contribution in [2.45, 2.75) is 19.6 Å². The first-order chi connectivity index (χ1) is 12.3. The normalized spacial score (nSPS) is 11.2. The second kappa shape index (κ2) is 6.56. The first-order valence-corrected chi connectivity index (χ1v) is 7.68. The van der Waals surface area contributed by atoms with Crippen molar-refractivity contribution >= 4 is 16.8 Å². The molecule has 1 aromatic heterocycles. The van der Waals surface area contributed by atoms with Gasteiger partial charge in [0.1, 0.15) is 0 Å². The fraction of sp³-hybridized carbons (Fsp3) is 0.158. The molecule has 0 spiro atoms. The van der Waals surface area contributed by atoms with Crippen molar-refractivity contribution in [3.63, 3.8) is 0 Å². The van der Waals surface area contributed by atoms with Crippen molar-refractivity contribution < 1.29 is 18.0 Å². The maximum atomic E-state index is 12.7. The van der Waals surface area contributed by atoms with Crippen LogP contribution in [0.5, 0.6) is 0 Å². The van der Waals surface area contributed by atoms with Crippen LogP contribution in [0.1, 0.15) is 34.0 Å². The summed E-state index contributed by atoms with van der Waals surface area (Å²) in [5, 5.41) is 4.94. The fourth-order valence-electron chi connectivity index (χ4n) is 2.74. The molecule has 0 aliphatic rings. The lowest BCUT2D eigenvalue weighted by molar-refractivity contribution is -0.137. The van der Waals surface area contributed by atoms with E-state index in [1.807, 2.05) is 0 Å². The van der Waals surface area contributed by atoms with E-state index in [2.05, 4.69) is 16.9 Å². The largest absolute Gasteiger partial charge is 0.416 e. The molecule has 7 heteroatoms. The van der Waals surface area contributed by atoms with Crippen LogP contribution in [0.4, 0.5) is 13.2 Å². The number of carbonyl (C=O) groups excluding carboxylic acids is 1. The number of hydrogen-bond donors (Lipinski definition) is 1. The third-order valence-electron chi connectivity index (χ3n) is 3.94. The number of alkyl halides is 3. The fourth-order valence-corrected chi connectivity index (χ4v) is 2.74. The van der Waals surface area contributed by atoms with E-state index < -0.39 is 17.6 Å². The van der Waals surface area contributed by atoms with Gasteiger partial charge in [0.25, 0.3) is 5.91 Å². The Balaban J connectivity index is 2.06. The Morgan fingerprint density at radius 1 is 1.19 bits per heavy atom. The van der Waals surface area contributed by atoms with E-state index in [0.29, 0.717) is 22.0 Å². The second-order valence-corrected chi connectivity index (χ2v) is 5.66. The number of fused-ring (bicyclic) bond motifs is 1. The maximum Gasteiger partial charge on any atom is 0.416 e. The molecular weight excluding hydrogens is 343 g/mol. The number of primary amides is 1. The van der Waals surface area contributed by atoms with Gasteiger partial charge in [-0.15, -0.1) is 5.92 Å². The van der Waals surface area contributed by atoms with Crippen molar-refractivity contribution in [1.29, 1.82) is 0 Å². The topological polar surface area (TPSA) is 60.9 Å². The molecule has 4 nitrogen and oxygen atoms in total. The highest BCUT2D eigenvalue weighted by molar-refractivity contribution is 6.06. The molecule has 26 heavy (non-hydrogen) atoms. The Bertz CT molecular complexity index is 1040. The molecule has 0 saturated carbocycles. The standard InChI is InChI=1S/C19H14F3N3O/c1-2-3-13-6-9-15(18(23)26)17-16(13)10-24-25(17)11-12-4-7-14(8-5-12)19(20,21)22/h4-10H,11H2,1H3,(H2,23,26). The van der Waals surface area contributed by atoms with Crippen molar-refractivity contribution in [3.8, 4) is 11.8 Å². The van der Waals surface area contributed by atoms with Gasteiger partial charge in [-0.3, -0.25) is 9.48 Å². The smallest absolute Gasteiger partial charge is 0.366 e. The number of nitrogens with two attached hydrogens (primary N) is 1. The van der Waals surface area contributed by atoms with Crippen molar-refractivity contribution in [2.75, 3.05) is 0 Å². The summed E-state index contributed by atoms with van der Waals surface area (Å²) in [6.45, 7) is 1.89. The van der Waals surface area contributed by atoms with Crippen LogP contribution in [0.2, 0.25) is 0 Å². The molecule has 1 amide bonds. The zero-order valence-electron chi connectivity index (χ0n) is 13.8. The number of hydrogen-bond acceptors (Lipinski definition) is 2. The van der Waals surface area contributed by atoms with E-state index in [1.165, 1.54) is 12.1 Å².